The van der Waals surface area contributed by atoms with Gasteiger partial charge < -0.3 is 10.6 Å². The van der Waals surface area contributed by atoms with Crippen molar-refractivity contribution in [2.24, 2.45) is 11.8 Å². The van der Waals surface area contributed by atoms with E-state index in [0.717, 1.165) is 13.1 Å². The average Bonchev–Trinajstić information content (AvgIpc) is 2.19. The van der Waals surface area contributed by atoms with Gasteiger partial charge in [-0.05, 0) is 37.8 Å². The molecule has 0 bridgehead atoms. The quantitative estimate of drug-likeness (QED) is 0.680. The van der Waals surface area contributed by atoms with E-state index >= 15 is 0 Å². The zero-order valence-corrected chi connectivity index (χ0v) is 8.60. The Morgan fingerprint density at radius 1 is 1.69 bits per heavy atom. The molecular weight excluding hydrogens is 164 g/mol. The highest BCUT2D eigenvalue weighted by atomic mass is 16.1. The summed E-state index contributed by atoms with van der Waals surface area (Å²) in [6.45, 7) is 4.40. The van der Waals surface area contributed by atoms with Gasteiger partial charge in [0.25, 0.3) is 0 Å². The van der Waals surface area contributed by atoms with E-state index in [1.807, 2.05) is 0 Å². The molecule has 76 valence electrons. The summed E-state index contributed by atoms with van der Waals surface area (Å²) in [5.41, 5.74) is 0. The summed E-state index contributed by atoms with van der Waals surface area (Å²) in [7, 11) is 1.70. The van der Waals surface area contributed by atoms with Crippen LogP contribution in [0.3, 0.4) is 0 Å². The molecule has 0 aromatic carbocycles. The molecule has 0 saturated carbocycles. The minimum absolute atomic E-state index is 0.165. The molecule has 0 aromatic rings. The fourth-order valence-corrected chi connectivity index (χ4v) is 1.93. The largest absolute Gasteiger partial charge is 0.359 e. The van der Waals surface area contributed by atoms with Crippen molar-refractivity contribution in [2.75, 3.05) is 20.1 Å². The summed E-state index contributed by atoms with van der Waals surface area (Å²) in [4.78, 5) is 11.1. The van der Waals surface area contributed by atoms with E-state index in [0.29, 0.717) is 18.3 Å². The van der Waals surface area contributed by atoms with Crippen molar-refractivity contribution >= 4 is 5.91 Å². The van der Waals surface area contributed by atoms with Crippen LogP contribution in [0.15, 0.2) is 0 Å². The van der Waals surface area contributed by atoms with E-state index in [1.54, 1.807) is 7.05 Å². The third-order valence-electron chi connectivity index (χ3n) is 2.93. The SMILES string of the molecule is CNC(=O)C[C@@H](C)[C@H]1CCCNC1. The second kappa shape index (κ2) is 5.22. The number of rotatable bonds is 3. The van der Waals surface area contributed by atoms with Crippen LogP contribution < -0.4 is 10.6 Å². The van der Waals surface area contributed by atoms with Crippen molar-refractivity contribution in [1.82, 2.24) is 10.6 Å². The first kappa shape index (κ1) is 10.5. The summed E-state index contributed by atoms with van der Waals surface area (Å²) in [5, 5.41) is 6.05. The lowest BCUT2D eigenvalue weighted by molar-refractivity contribution is -0.121. The first-order valence-corrected chi connectivity index (χ1v) is 5.15. The van der Waals surface area contributed by atoms with Gasteiger partial charge in [-0.3, -0.25) is 4.79 Å². The summed E-state index contributed by atoms with van der Waals surface area (Å²) in [6.07, 6.45) is 3.19. The number of carbonyl (C=O) groups is 1. The van der Waals surface area contributed by atoms with Gasteiger partial charge in [0.05, 0.1) is 0 Å². The first-order valence-electron chi connectivity index (χ1n) is 5.15. The molecule has 0 aliphatic carbocycles. The molecule has 13 heavy (non-hydrogen) atoms. The van der Waals surface area contributed by atoms with Crippen LogP contribution in [-0.2, 0) is 4.79 Å². The molecule has 1 aliphatic rings. The second-order valence-electron chi connectivity index (χ2n) is 3.96. The number of amides is 1. The Kier molecular flexibility index (Phi) is 4.22. The van der Waals surface area contributed by atoms with Crippen molar-refractivity contribution in [2.45, 2.75) is 26.2 Å². The fraction of sp³-hybridized carbons (Fsp3) is 0.900. The smallest absolute Gasteiger partial charge is 0.220 e. The van der Waals surface area contributed by atoms with Crippen LogP contribution in [0.2, 0.25) is 0 Å². The number of hydrogen-bond donors (Lipinski definition) is 2. The molecule has 1 saturated heterocycles. The Bertz CT molecular complexity index is 164. The predicted molar refractivity (Wildman–Crippen MR) is 53.4 cm³/mol. The molecule has 1 heterocycles. The van der Waals surface area contributed by atoms with Gasteiger partial charge in [-0.1, -0.05) is 6.92 Å². The molecule has 0 aromatic heterocycles. The molecule has 1 rings (SSSR count). The molecule has 3 nitrogen and oxygen atoms in total. The van der Waals surface area contributed by atoms with Crippen molar-refractivity contribution in [3.05, 3.63) is 0 Å². The monoisotopic (exact) mass is 184 g/mol. The van der Waals surface area contributed by atoms with Crippen molar-refractivity contribution in [3.63, 3.8) is 0 Å². The van der Waals surface area contributed by atoms with Crippen LogP contribution in [0.25, 0.3) is 0 Å². The molecule has 1 amide bonds. The highest BCUT2D eigenvalue weighted by molar-refractivity contribution is 5.75. The lowest BCUT2D eigenvalue weighted by atomic mass is 9.85. The van der Waals surface area contributed by atoms with Gasteiger partial charge in [-0.25, -0.2) is 0 Å². The standard InChI is InChI=1S/C10H20N2O/c1-8(6-10(13)11-2)9-4-3-5-12-7-9/h8-9,12H,3-7H2,1-2H3,(H,11,13)/t8-,9+/m1/s1. The summed E-state index contributed by atoms with van der Waals surface area (Å²) in [5.74, 6) is 1.36. The van der Waals surface area contributed by atoms with E-state index in [4.69, 9.17) is 0 Å². The Hall–Kier alpha value is -0.570. The van der Waals surface area contributed by atoms with Crippen LogP contribution in [0.1, 0.15) is 26.2 Å². The lowest BCUT2D eigenvalue weighted by Gasteiger charge is -2.27. The second-order valence-corrected chi connectivity index (χ2v) is 3.96. The molecular formula is C10H20N2O. The lowest BCUT2D eigenvalue weighted by Crippen LogP contribution is -2.35. The van der Waals surface area contributed by atoms with Gasteiger partial charge in [0, 0.05) is 13.5 Å². The molecule has 1 fully saturated rings. The third kappa shape index (κ3) is 3.35. The molecule has 1 aliphatic heterocycles. The number of carbonyl (C=O) groups excluding carboxylic acids is 1. The highest BCUT2D eigenvalue weighted by Gasteiger charge is 2.21. The average molecular weight is 184 g/mol. The minimum Gasteiger partial charge on any atom is -0.359 e. The van der Waals surface area contributed by atoms with Gasteiger partial charge in [0.15, 0.2) is 0 Å². The highest BCUT2D eigenvalue weighted by Crippen LogP contribution is 2.22. The van der Waals surface area contributed by atoms with Crippen molar-refractivity contribution in [3.8, 4) is 0 Å². The third-order valence-corrected chi connectivity index (χ3v) is 2.93. The molecule has 3 heteroatoms. The van der Waals surface area contributed by atoms with Crippen LogP contribution in [0.5, 0.6) is 0 Å². The molecule has 0 unspecified atom stereocenters. The van der Waals surface area contributed by atoms with Crippen LogP contribution in [0, 0.1) is 11.8 Å². The Labute approximate surface area is 80.3 Å². The normalized spacial score (nSPS) is 25.2. The van der Waals surface area contributed by atoms with Crippen LogP contribution >= 0.6 is 0 Å². The Morgan fingerprint density at radius 3 is 3.00 bits per heavy atom. The zero-order chi connectivity index (χ0) is 9.68. The van der Waals surface area contributed by atoms with Gasteiger partial charge in [0.2, 0.25) is 5.91 Å². The van der Waals surface area contributed by atoms with Crippen LogP contribution in [0.4, 0.5) is 0 Å². The van der Waals surface area contributed by atoms with E-state index in [2.05, 4.69) is 17.6 Å². The fourth-order valence-electron chi connectivity index (χ4n) is 1.93. The zero-order valence-electron chi connectivity index (χ0n) is 8.60. The summed E-state index contributed by atoms with van der Waals surface area (Å²) in [6, 6.07) is 0. The van der Waals surface area contributed by atoms with Crippen molar-refractivity contribution < 1.29 is 4.79 Å². The van der Waals surface area contributed by atoms with Gasteiger partial charge in [-0.2, -0.15) is 0 Å². The van der Waals surface area contributed by atoms with E-state index < -0.39 is 0 Å². The van der Waals surface area contributed by atoms with E-state index in [9.17, 15) is 4.79 Å². The number of piperidine rings is 1. The topological polar surface area (TPSA) is 41.1 Å². The predicted octanol–water partition coefficient (Wildman–Crippen LogP) is 0.758. The molecule has 2 N–H and O–H groups in total. The first-order chi connectivity index (χ1) is 6.24. The van der Waals surface area contributed by atoms with Crippen molar-refractivity contribution in [1.29, 1.82) is 0 Å². The summed E-state index contributed by atoms with van der Waals surface area (Å²) >= 11 is 0. The van der Waals surface area contributed by atoms with Gasteiger partial charge in [0.1, 0.15) is 0 Å². The molecule has 0 radical (unpaired) electrons. The van der Waals surface area contributed by atoms with Crippen LogP contribution in [-0.4, -0.2) is 26.0 Å². The van der Waals surface area contributed by atoms with Gasteiger partial charge in [-0.15, -0.1) is 0 Å². The maximum Gasteiger partial charge on any atom is 0.220 e. The van der Waals surface area contributed by atoms with E-state index in [-0.39, 0.29) is 5.91 Å². The van der Waals surface area contributed by atoms with E-state index in [1.165, 1.54) is 12.8 Å². The number of nitrogens with one attached hydrogen (secondary N) is 2. The molecule has 0 spiro atoms. The molecule has 2 atom stereocenters. The maximum absolute atomic E-state index is 11.1. The Balaban J connectivity index is 2.28. The number of hydrogen-bond acceptors (Lipinski definition) is 2. The maximum atomic E-state index is 11.1. The van der Waals surface area contributed by atoms with Gasteiger partial charge >= 0.3 is 0 Å². The minimum atomic E-state index is 0.165. The summed E-state index contributed by atoms with van der Waals surface area (Å²) < 4.78 is 0. The Morgan fingerprint density at radius 2 is 2.46 bits per heavy atom.